The molecular formula is C14H14BrFN2. The van der Waals surface area contributed by atoms with E-state index in [0.717, 1.165) is 28.7 Å². The predicted molar refractivity (Wildman–Crippen MR) is 73.7 cm³/mol. The average molecular weight is 309 g/mol. The highest BCUT2D eigenvalue weighted by molar-refractivity contribution is 9.10. The maximum absolute atomic E-state index is 13.3. The molecule has 1 aromatic carbocycles. The predicted octanol–water partition coefficient (Wildman–Crippen LogP) is 3.32. The van der Waals surface area contributed by atoms with Gasteiger partial charge in [0.1, 0.15) is 5.82 Å². The third kappa shape index (κ3) is 3.89. The van der Waals surface area contributed by atoms with Crippen molar-refractivity contribution >= 4 is 15.9 Å². The first-order chi connectivity index (χ1) is 8.75. The molecule has 0 unspecified atom stereocenters. The van der Waals surface area contributed by atoms with Crippen molar-refractivity contribution < 1.29 is 4.39 Å². The van der Waals surface area contributed by atoms with Crippen LogP contribution >= 0.6 is 15.9 Å². The van der Waals surface area contributed by atoms with Crippen molar-refractivity contribution in [2.24, 2.45) is 0 Å². The maximum Gasteiger partial charge on any atom is 0.126 e. The molecule has 2 aromatic rings. The van der Waals surface area contributed by atoms with Crippen LogP contribution in [0.15, 0.2) is 47.2 Å². The van der Waals surface area contributed by atoms with Crippen molar-refractivity contribution in [1.29, 1.82) is 0 Å². The fraction of sp³-hybridized carbons (Fsp3) is 0.214. The maximum atomic E-state index is 13.3. The van der Waals surface area contributed by atoms with Gasteiger partial charge in [-0.3, -0.25) is 4.98 Å². The molecule has 1 heterocycles. The Morgan fingerprint density at radius 1 is 1.22 bits per heavy atom. The number of benzene rings is 1. The molecule has 0 aliphatic rings. The van der Waals surface area contributed by atoms with E-state index in [4.69, 9.17) is 0 Å². The molecule has 0 spiro atoms. The van der Waals surface area contributed by atoms with E-state index in [2.05, 4.69) is 26.2 Å². The number of rotatable bonds is 5. The number of hydrogen-bond donors (Lipinski definition) is 1. The summed E-state index contributed by atoms with van der Waals surface area (Å²) in [4.78, 5) is 4.09. The van der Waals surface area contributed by atoms with E-state index in [9.17, 15) is 4.39 Å². The second kappa shape index (κ2) is 6.61. The average Bonchev–Trinajstić information content (AvgIpc) is 2.37. The van der Waals surface area contributed by atoms with Crippen LogP contribution in [0.4, 0.5) is 4.39 Å². The van der Waals surface area contributed by atoms with Crippen LogP contribution in [0.3, 0.4) is 0 Å². The van der Waals surface area contributed by atoms with Crippen LogP contribution in [0, 0.1) is 5.82 Å². The minimum Gasteiger partial charge on any atom is -0.312 e. The van der Waals surface area contributed by atoms with Gasteiger partial charge in [-0.05, 0) is 52.2 Å². The van der Waals surface area contributed by atoms with E-state index in [1.165, 1.54) is 6.07 Å². The van der Waals surface area contributed by atoms with Crippen molar-refractivity contribution in [3.63, 3.8) is 0 Å². The molecule has 0 amide bonds. The summed E-state index contributed by atoms with van der Waals surface area (Å²) in [6.07, 6.45) is 4.26. The summed E-state index contributed by atoms with van der Waals surface area (Å²) in [6.45, 7) is 1.48. The summed E-state index contributed by atoms with van der Waals surface area (Å²) in [6, 6.07) is 8.89. The van der Waals surface area contributed by atoms with Gasteiger partial charge < -0.3 is 5.32 Å². The third-order valence-corrected chi connectivity index (χ3v) is 3.05. The summed E-state index contributed by atoms with van der Waals surface area (Å²) in [5, 5.41) is 3.28. The number of hydrogen-bond acceptors (Lipinski definition) is 2. The van der Waals surface area contributed by atoms with E-state index >= 15 is 0 Å². The Bertz CT molecular complexity index is 517. The molecular weight excluding hydrogens is 295 g/mol. The van der Waals surface area contributed by atoms with Gasteiger partial charge in [0, 0.05) is 23.4 Å². The van der Waals surface area contributed by atoms with E-state index in [0.29, 0.717) is 6.42 Å². The van der Waals surface area contributed by atoms with Gasteiger partial charge in [-0.15, -0.1) is 0 Å². The highest BCUT2D eigenvalue weighted by Gasteiger charge is 2.00. The molecule has 0 radical (unpaired) electrons. The monoisotopic (exact) mass is 308 g/mol. The largest absolute Gasteiger partial charge is 0.312 e. The van der Waals surface area contributed by atoms with Crippen molar-refractivity contribution in [2.75, 3.05) is 6.54 Å². The lowest BCUT2D eigenvalue weighted by Gasteiger charge is -2.06. The van der Waals surface area contributed by atoms with E-state index < -0.39 is 0 Å². The van der Waals surface area contributed by atoms with Gasteiger partial charge in [0.2, 0.25) is 0 Å². The Kier molecular flexibility index (Phi) is 4.84. The van der Waals surface area contributed by atoms with E-state index in [1.54, 1.807) is 12.3 Å². The summed E-state index contributed by atoms with van der Waals surface area (Å²) < 4.78 is 14.3. The first-order valence-corrected chi connectivity index (χ1v) is 6.58. The number of nitrogens with one attached hydrogen (secondary N) is 1. The number of halogens is 2. The number of nitrogens with zero attached hydrogens (tertiary/aromatic N) is 1. The van der Waals surface area contributed by atoms with Gasteiger partial charge in [-0.25, -0.2) is 4.39 Å². The van der Waals surface area contributed by atoms with E-state index in [-0.39, 0.29) is 5.82 Å². The van der Waals surface area contributed by atoms with Gasteiger partial charge >= 0.3 is 0 Å². The Labute approximate surface area is 114 Å². The summed E-state index contributed by atoms with van der Waals surface area (Å²) in [7, 11) is 0. The van der Waals surface area contributed by atoms with Crippen LogP contribution in [-0.4, -0.2) is 11.5 Å². The SMILES string of the molecule is Fc1ccccc1CCNCc1cncc(Br)c1. The molecule has 0 fully saturated rings. The molecule has 18 heavy (non-hydrogen) atoms. The highest BCUT2D eigenvalue weighted by atomic mass is 79.9. The lowest BCUT2D eigenvalue weighted by molar-refractivity contribution is 0.597. The van der Waals surface area contributed by atoms with Gasteiger partial charge in [-0.2, -0.15) is 0 Å². The summed E-state index contributed by atoms with van der Waals surface area (Å²) in [5.74, 6) is -0.136. The molecule has 94 valence electrons. The number of aromatic nitrogens is 1. The molecule has 0 aliphatic carbocycles. The Balaban J connectivity index is 1.78. The summed E-state index contributed by atoms with van der Waals surface area (Å²) >= 11 is 3.38. The van der Waals surface area contributed by atoms with Crippen molar-refractivity contribution in [2.45, 2.75) is 13.0 Å². The van der Waals surface area contributed by atoms with Crippen molar-refractivity contribution in [3.8, 4) is 0 Å². The molecule has 0 bridgehead atoms. The smallest absolute Gasteiger partial charge is 0.126 e. The quantitative estimate of drug-likeness (QED) is 0.857. The van der Waals surface area contributed by atoms with Crippen LogP contribution < -0.4 is 5.32 Å². The lowest BCUT2D eigenvalue weighted by Crippen LogP contribution is -2.17. The molecule has 0 atom stereocenters. The molecule has 1 aromatic heterocycles. The minimum absolute atomic E-state index is 0.136. The van der Waals surface area contributed by atoms with Gasteiger partial charge in [0.25, 0.3) is 0 Å². The molecule has 0 aliphatic heterocycles. The molecule has 0 saturated carbocycles. The fourth-order valence-corrected chi connectivity index (χ4v) is 2.12. The zero-order chi connectivity index (χ0) is 12.8. The second-order valence-electron chi connectivity index (χ2n) is 4.03. The highest BCUT2D eigenvalue weighted by Crippen LogP contribution is 2.09. The Morgan fingerprint density at radius 3 is 2.83 bits per heavy atom. The third-order valence-electron chi connectivity index (χ3n) is 2.62. The molecule has 2 rings (SSSR count). The van der Waals surface area contributed by atoms with Crippen molar-refractivity contribution in [1.82, 2.24) is 10.3 Å². The minimum atomic E-state index is -0.136. The van der Waals surface area contributed by atoms with Gasteiger partial charge in [0.15, 0.2) is 0 Å². The first-order valence-electron chi connectivity index (χ1n) is 5.79. The molecule has 0 saturated heterocycles. The molecule has 2 nitrogen and oxygen atoms in total. The second-order valence-corrected chi connectivity index (χ2v) is 4.95. The van der Waals surface area contributed by atoms with Crippen LogP contribution in [0.5, 0.6) is 0 Å². The normalized spacial score (nSPS) is 10.6. The molecule has 4 heteroatoms. The lowest BCUT2D eigenvalue weighted by atomic mass is 10.1. The topological polar surface area (TPSA) is 24.9 Å². The van der Waals surface area contributed by atoms with Crippen LogP contribution in [0.1, 0.15) is 11.1 Å². The van der Waals surface area contributed by atoms with Crippen LogP contribution in [0.25, 0.3) is 0 Å². The first kappa shape index (κ1) is 13.2. The van der Waals surface area contributed by atoms with Gasteiger partial charge in [-0.1, -0.05) is 18.2 Å². The number of pyridine rings is 1. The van der Waals surface area contributed by atoms with Crippen molar-refractivity contribution in [3.05, 3.63) is 64.1 Å². The van der Waals surface area contributed by atoms with E-state index in [1.807, 2.05) is 24.4 Å². The fourth-order valence-electron chi connectivity index (χ4n) is 1.71. The van der Waals surface area contributed by atoms with Gasteiger partial charge in [0.05, 0.1) is 0 Å². The van der Waals surface area contributed by atoms with Crippen LogP contribution in [-0.2, 0) is 13.0 Å². The zero-order valence-electron chi connectivity index (χ0n) is 9.87. The molecule has 1 N–H and O–H groups in total. The van der Waals surface area contributed by atoms with Crippen LogP contribution in [0.2, 0.25) is 0 Å². The Hall–Kier alpha value is -1.26. The summed E-state index contributed by atoms with van der Waals surface area (Å²) in [5.41, 5.74) is 1.86. The zero-order valence-corrected chi connectivity index (χ0v) is 11.5. The Morgan fingerprint density at radius 2 is 2.06 bits per heavy atom. The standard InChI is InChI=1S/C14H14BrFN2/c15-13-7-11(9-18-10-13)8-17-6-5-12-3-1-2-4-14(12)16/h1-4,7,9-10,17H,5-6,8H2.